The highest BCUT2D eigenvalue weighted by Gasteiger charge is 2.17. The van der Waals surface area contributed by atoms with Gasteiger partial charge >= 0.3 is 0 Å². The zero-order chi connectivity index (χ0) is 28.8. The predicted molar refractivity (Wildman–Crippen MR) is 181 cm³/mol. The molecule has 43 heavy (non-hydrogen) atoms. The van der Waals surface area contributed by atoms with Crippen molar-refractivity contribution >= 4 is 32.3 Å². The Kier molecular flexibility index (Phi) is 6.05. The minimum atomic E-state index is 0.959. The van der Waals surface area contributed by atoms with Crippen LogP contribution >= 0.6 is 0 Å². The summed E-state index contributed by atoms with van der Waals surface area (Å²) in [6, 6.07) is 48.3. The molecular weight excluding hydrogens is 520 g/mol. The summed E-state index contributed by atoms with van der Waals surface area (Å²) in [5.74, 6) is 0. The molecule has 0 N–H and O–H groups in total. The van der Waals surface area contributed by atoms with E-state index >= 15 is 0 Å². The molecule has 2 heterocycles. The topological polar surface area (TPSA) is 25.8 Å². The van der Waals surface area contributed by atoms with Crippen molar-refractivity contribution in [2.24, 2.45) is 0 Å². The fourth-order valence-corrected chi connectivity index (χ4v) is 6.36. The van der Waals surface area contributed by atoms with E-state index in [0.29, 0.717) is 0 Å². The van der Waals surface area contributed by atoms with Crippen LogP contribution < -0.4 is 0 Å². The van der Waals surface area contributed by atoms with Gasteiger partial charge in [0.15, 0.2) is 0 Å². The molecule has 0 bridgehead atoms. The number of hydrogen-bond acceptors (Lipinski definition) is 2. The third-order valence-corrected chi connectivity index (χ3v) is 8.46. The van der Waals surface area contributed by atoms with E-state index in [0.717, 1.165) is 22.4 Å². The normalized spacial score (nSPS) is 11.4. The van der Waals surface area contributed by atoms with Gasteiger partial charge in [0.25, 0.3) is 0 Å². The lowest BCUT2D eigenvalue weighted by Gasteiger charge is -2.18. The minimum Gasteiger partial charge on any atom is -0.265 e. The van der Waals surface area contributed by atoms with Crippen molar-refractivity contribution < 1.29 is 0 Å². The van der Waals surface area contributed by atoms with E-state index in [1.54, 1.807) is 0 Å². The van der Waals surface area contributed by atoms with Crippen LogP contribution in [0.3, 0.4) is 0 Å². The van der Waals surface area contributed by atoms with Crippen molar-refractivity contribution in [2.75, 3.05) is 0 Å². The number of rotatable bonds is 4. The molecule has 0 aliphatic heterocycles. The van der Waals surface area contributed by atoms with Crippen molar-refractivity contribution in [1.29, 1.82) is 0 Å². The lowest BCUT2D eigenvalue weighted by molar-refractivity contribution is 1.30. The van der Waals surface area contributed by atoms with Crippen LogP contribution in [0, 0.1) is 6.92 Å². The van der Waals surface area contributed by atoms with E-state index in [1.807, 2.05) is 30.7 Å². The largest absolute Gasteiger partial charge is 0.265 e. The predicted octanol–water partition coefficient (Wildman–Crippen LogP) is 10.9. The molecule has 0 saturated carbocycles. The summed E-state index contributed by atoms with van der Waals surface area (Å²) < 4.78 is 0. The molecule has 6 aromatic carbocycles. The Morgan fingerprint density at radius 1 is 0.419 bits per heavy atom. The summed E-state index contributed by atoms with van der Waals surface area (Å²) in [6.45, 7) is 2.16. The van der Waals surface area contributed by atoms with Crippen LogP contribution in [0.2, 0.25) is 0 Å². The zero-order valence-corrected chi connectivity index (χ0v) is 23.8. The van der Waals surface area contributed by atoms with E-state index in [4.69, 9.17) is 4.98 Å². The van der Waals surface area contributed by atoms with Crippen LogP contribution in [0.1, 0.15) is 5.56 Å². The minimum absolute atomic E-state index is 0.959. The summed E-state index contributed by atoms with van der Waals surface area (Å²) in [4.78, 5) is 8.90. The molecule has 0 unspecified atom stereocenters. The van der Waals surface area contributed by atoms with Crippen LogP contribution in [-0.2, 0) is 0 Å². The van der Waals surface area contributed by atoms with E-state index in [9.17, 15) is 0 Å². The molecule has 2 nitrogen and oxygen atoms in total. The molecule has 0 atom stereocenters. The number of hydrogen-bond donors (Lipinski definition) is 0. The van der Waals surface area contributed by atoms with Gasteiger partial charge in [-0.2, -0.15) is 0 Å². The number of aromatic nitrogens is 2. The third kappa shape index (κ3) is 4.45. The third-order valence-electron chi connectivity index (χ3n) is 8.46. The van der Waals surface area contributed by atoms with Crippen molar-refractivity contribution in [3.05, 3.63) is 158 Å². The number of nitrogens with zero attached hydrogens (tertiary/aromatic N) is 2. The summed E-state index contributed by atoms with van der Waals surface area (Å²) in [7, 11) is 0. The van der Waals surface area contributed by atoms with Gasteiger partial charge in [-0.15, -0.1) is 0 Å². The SMILES string of the molecule is Cc1ccc2ccc(-c3c4ccccc4c(-c4ccc(-c5ccc(-c6ccncc6)cn5)cc4)c4ccccc34)cc2c1. The van der Waals surface area contributed by atoms with Gasteiger partial charge in [0.2, 0.25) is 0 Å². The summed E-state index contributed by atoms with van der Waals surface area (Å²) >= 11 is 0. The zero-order valence-electron chi connectivity index (χ0n) is 23.8. The van der Waals surface area contributed by atoms with Crippen LogP contribution in [0.4, 0.5) is 0 Å². The van der Waals surface area contributed by atoms with Gasteiger partial charge in [0.05, 0.1) is 5.69 Å². The Labute approximate surface area is 251 Å². The molecule has 0 aliphatic rings. The second-order valence-electron chi connectivity index (χ2n) is 11.2. The number of benzene rings is 6. The maximum Gasteiger partial charge on any atom is 0.0702 e. The molecule has 2 heteroatoms. The Morgan fingerprint density at radius 3 is 1.60 bits per heavy atom. The Balaban J connectivity index is 1.26. The standard InChI is InChI=1S/C41H28N2/c1-27-10-11-28-12-17-32(25-34(28)24-27)41-37-8-4-2-6-35(37)40(36-7-3-5-9-38(36)41)31-15-13-30(14-16-31)39-19-18-33(26-43-39)29-20-22-42-23-21-29/h2-26H,1H3. The highest BCUT2D eigenvalue weighted by Crippen LogP contribution is 2.44. The van der Waals surface area contributed by atoms with Crippen LogP contribution in [0.25, 0.3) is 77.0 Å². The summed E-state index contributed by atoms with van der Waals surface area (Å²) in [6.07, 6.45) is 5.56. The van der Waals surface area contributed by atoms with Gasteiger partial charge in [-0.1, -0.05) is 115 Å². The van der Waals surface area contributed by atoms with E-state index in [2.05, 4.69) is 133 Å². The molecule has 0 radical (unpaired) electrons. The van der Waals surface area contributed by atoms with Gasteiger partial charge in [0.1, 0.15) is 0 Å². The van der Waals surface area contributed by atoms with E-state index in [-0.39, 0.29) is 0 Å². The molecule has 0 fully saturated rings. The van der Waals surface area contributed by atoms with Gasteiger partial charge in [0, 0.05) is 29.7 Å². The van der Waals surface area contributed by atoms with Crippen molar-refractivity contribution in [1.82, 2.24) is 9.97 Å². The monoisotopic (exact) mass is 548 g/mol. The Bertz CT molecular complexity index is 2210. The first-order chi connectivity index (χ1) is 21.2. The smallest absolute Gasteiger partial charge is 0.0702 e. The first-order valence-electron chi connectivity index (χ1n) is 14.6. The van der Waals surface area contributed by atoms with E-state index in [1.165, 1.54) is 60.1 Å². The molecule has 8 rings (SSSR count). The fraction of sp³-hybridized carbons (Fsp3) is 0.0244. The maximum atomic E-state index is 4.78. The second kappa shape index (κ2) is 10.3. The fourth-order valence-electron chi connectivity index (χ4n) is 6.36. The first kappa shape index (κ1) is 25.1. The number of fused-ring (bicyclic) bond motifs is 3. The first-order valence-corrected chi connectivity index (χ1v) is 14.6. The molecule has 0 amide bonds. The maximum absolute atomic E-state index is 4.78. The van der Waals surface area contributed by atoms with E-state index < -0.39 is 0 Å². The number of pyridine rings is 2. The van der Waals surface area contributed by atoms with Crippen molar-refractivity contribution in [2.45, 2.75) is 6.92 Å². The summed E-state index contributed by atoms with van der Waals surface area (Å²) in [5, 5.41) is 7.58. The lowest BCUT2D eigenvalue weighted by Crippen LogP contribution is -1.91. The molecular formula is C41H28N2. The Morgan fingerprint density at radius 2 is 0.977 bits per heavy atom. The average Bonchev–Trinajstić information content (AvgIpc) is 3.07. The molecule has 202 valence electrons. The molecule has 0 aliphatic carbocycles. The van der Waals surface area contributed by atoms with Gasteiger partial charge in [-0.05, 0) is 91.3 Å². The highest BCUT2D eigenvalue weighted by atomic mass is 14.7. The van der Waals surface area contributed by atoms with Gasteiger partial charge in [-0.3, -0.25) is 9.97 Å². The quantitative estimate of drug-likeness (QED) is 0.204. The van der Waals surface area contributed by atoms with Crippen LogP contribution in [0.15, 0.2) is 152 Å². The van der Waals surface area contributed by atoms with Crippen molar-refractivity contribution in [3.8, 4) is 44.6 Å². The summed E-state index contributed by atoms with van der Waals surface area (Å²) in [5.41, 5.74) is 10.5. The van der Waals surface area contributed by atoms with Crippen LogP contribution in [-0.4, -0.2) is 9.97 Å². The average molecular weight is 549 g/mol. The molecule has 8 aromatic rings. The molecule has 0 spiro atoms. The molecule has 0 saturated heterocycles. The van der Waals surface area contributed by atoms with Gasteiger partial charge < -0.3 is 0 Å². The van der Waals surface area contributed by atoms with Crippen molar-refractivity contribution in [3.63, 3.8) is 0 Å². The number of aryl methyl sites for hydroxylation is 1. The molecule has 2 aromatic heterocycles. The second-order valence-corrected chi connectivity index (χ2v) is 11.2. The lowest BCUT2D eigenvalue weighted by atomic mass is 9.85. The van der Waals surface area contributed by atoms with Gasteiger partial charge in [-0.25, -0.2) is 0 Å². The Hall–Kier alpha value is -5.60. The highest BCUT2D eigenvalue weighted by molar-refractivity contribution is 6.21. The van der Waals surface area contributed by atoms with Crippen LogP contribution in [0.5, 0.6) is 0 Å².